The second-order valence-electron chi connectivity index (χ2n) is 11.6. The lowest BCUT2D eigenvalue weighted by atomic mass is 9.79. The van der Waals surface area contributed by atoms with E-state index in [2.05, 4.69) is 6.92 Å². The van der Waals surface area contributed by atoms with Gasteiger partial charge in [-0.2, -0.15) is 8.78 Å². The molecule has 1 aliphatic carbocycles. The van der Waals surface area contributed by atoms with Gasteiger partial charge in [0.1, 0.15) is 0 Å². The topological polar surface area (TPSA) is 26.3 Å². The van der Waals surface area contributed by atoms with Crippen LogP contribution >= 0.6 is 0 Å². The zero-order valence-corrected chi connectivity index (χ0v) is 24.8. The molecule has 0 saturated heterocycles. The van der Waals surface area contributed by atoms with Crippen LogP contribution in [0.5, 0.6) is 5.75 Å². The SMILES string of the molecule is CCCCCCCCCC[C@H]1CC[C@H](C(=O)Oc2c(F)c(F)c(-c3c(F)c(F)c(CCCC)c(F)c3F)c(F)c2F)CC1. The molecule has 1 aliphatic rings. The average Bonchev–Trinajstić information content (AvgIpc) is 3.00. The van der Waals surface area contributed by atoms with Crippen molar-refractivity contribution in [2.24, 2.45) is 11.8 Å². The Labute approximate surface area is 248 Å². The third kappa shape index (κ3) is 8.29. The van der Waals surface area contributed by atoms with Gasteiger partial charge in [-0.25, -0.2) is 26.3 Å². The molecule has 3 rings (SSSR count). The summed E-state index contributed by atoms with van der Waals surface area (Å²) in [5.74, 6) is -20.6. The van der Waals surface area contributed by atoms with Gasteiger partial charge in [0.2, 0.25) is 17.4 Å². The second kappa shape index (κ2) is 16.4. The highest BCUT2D eigenvalue weighted by Crippen LogP contribution is 2.41. The molecule has 0 bridgehead atoms. The number of hydrogen-bond acceptors (Lipinski definition) is 2. The Morgan fingerprint density at radius 1 is 0.581 bits per heavy atom. The third-order valence-corrected chi connectivity index (χ3v) is 8.46. The summed E-state index contributed by atoms with van der Waals surface area (Å²) >= 11 is 0. The van der Waals surface area contributed by atoms with Crippen LogP contribution in [-0.4, -0.2) is 5.97 Å². The van der Waals surface area contributed by atoms with Crippen molar-refractivity contribution in [1.82, 2.24) is 0 Å². The van der Waals surface area contributed by atoms with Crippen molar-refractivity contribution in [2.75, 3.05) is 0 Å². The minimum atomic E-state index is -2.35. The number of esters is 1. The molecule has 2 aromatic rings. The monoisotopic (exact) mass is 620 g/mol. The molecule has 0 atom stereocenters. The average molecular weight is 621 g/mol. The van der Waals surface area contributed by atoms with Crippen molar-refractivity contribution in [1.29, 1.82) is 0 Å². The lowest BCUT2D eigenvalue weighted by molar-refractivity contribution is -0.140. The molecule has 240 valence electrons. The maximum absolute atomic E-state index is 15.0. The van der Waals surface area contributed by atoms with Gasteiger partial charge in [-0.15, -0.1) is 0 Å². The van der Waals surface area contributed by atoms with Crippen LogP contribution in [-0.2, 0) is 11.2 Å². The number of benzene rings is 2. The van der Waals surface area contributed by atoms with E-state index in [-0.39, 0.29) is 6.42 Å². The molecule has 0 radical (unpaired) electrons. The van der Waals surface area contributed by atoms with Gasteiger partial charge in [0, 0.05) is 5.56 Å². The summed E-state index contributed by atoms with van der Waals surface area (Å²) in [5.41, 5.74) is -4.90. The Bertz CT molecular complexity index is 1200. The summed E-state index contributed by atoms with van der Waals surface area (Å²) in [7, 11) is 0. The van der Waals surface area contributed by atoms with E-state index in [9.17, 15) is 39.9 Å². The predicted octanol–water partition coefficient (Wildman–Crippen LogP) is 11.1. The largest absolute Gasteiger partial charge is 0.420 e. The van der Waals surface area contributed by atoms with Gasteiger partial charge < -0.3 is 4.74 Å². The first kappa shape index (κ1) is 34.8. The van der Waals surface area contributed by atoms with Crippen molar-refractivity contribution < 1.29 is 44.7 Å². The Kier molecular flexibility index (Phi) is 13.3. The Morgan fingerprint density at radius 3 is 1.51 bits per heavy atom. The van der Waals surface area contributed by atoms with Crippen LogP contribution in [0.3, 0.4) is 0 Å². The van der Waals surface area contributed by atoms with Crippen LogP contribution in [0.4, 0.5) is 35.1 Å². The molecular weight excluding hydrogens is 580 g/mol. The Balaban J connectivity index is 1.68. The van der Waals surface area contributed by atoms with E-state index in [1.165, 1.54) is 38.5 Å². The number of carbonyl (C=O) groups excluding carboxylic acids is 1. The number of halogens is 8. The maximum atomic E-state index is 15.0. The first-order valence-corrected chi connectivity index (χ1v) is 15.5. The molecule has 0 aromatic heterocycles. The molecule has 2 nitrogen and oxygen atoms in total. The molecule has 0 aliphatic heterocycles. The zero-order chi connectivity index (χ0) is 31.7. The summed E-state index contributed by atoms with van der Waals surface area (Å²) < 4.78 is 123. The lowest BCUT2D eigenvalue weighted by Crippen LogP contribution is -2.26. The molecule has 0 heterocycles. The van der Waals surface area contributed by atoms with Crippen LogP contribution < -0.4 is 4.74 Å². The lowest BCUT2D eigenvalue weighted by Gasteiger charge is -2.27. The van der Waals surface area contributed by atoms with Crippen LogP contribution in [0.1, 0.15) is 116 Å². The minimum Gasteiger partial charge on any atom is -0.420 e. The van der Waals surface area contributed by atoms with E-state index in [1.807, 2.05) is 0 Å². The summed E-state index contributed by atoms with van der Waals surface area (Å²) in [5, 5.41) is 0. The van der Waals surface area contributed by atoms with Gasteiger partial charge in [0.25, 0.3) is 0 Å². The molecule has 0 unspecified atom stereocenters. The normalized spacial score (nSPS) is 17.0. The fourth-order valence-electron chi connectivity index (χ4n) is 5.83. The summed E-state index contributed by atoms with van der Waals surface area (Å²) in [6.45, 7) is 3.84. The van der Waals surface area contributed by atoms with Crippen LogP contribution in [0.2, 0.25) is 0 Å². The molecule has 1 fully saturated rings. The van der Waals surface area contributed by atoms with Crippen molar-refractivity contribution >= 4 is 5.97 Å². The smallest absolute Gasteiger partial charge is 0.314 e. The number of hydrogen-bond donors (Lipinski definition) is 0. The maximum Gasteiger partial charge on any atom is 0.314 e. The van der Waals surface area contributed by atoms with Gasteiger partial charge in [0.15, 0.2) is 34.9 Å². The van der Waals surface area contributed by atoms with E-state index < -0.39 is 87.3 Å². The third-order valence-electron chi connectivity index (χ3n) is 8.46. The standard InChI is InChI=1S/C33H40F8O2/c1-3-5-7-8-9-10-11-12-13-19-15-17-20(18-16-19)33(42)43-32-30(40)28(38)23(29(39)31(32)41)22-26(36)24(34)21(14-6-4-2)25(35)27(22)37/h19-20H,3-18H2,1-2H3/t19-,20-. The highest BCUT2D eigenvalue weighted by molar-refractivity contribution is 5.76. The molecule has 2 aromatic carbocycles. The molecule has 0 spiro atoms. The molecule has 0 amide bonds. The van der Waals surface area contributed by atoms with Gasteiger partial charge in [0.05, 0.1) is 17.0 Å². The molecule has 1 saturated carbocycles. The number of carbonyl (C=O) groups is 1. The summed E-state index contributed by atoms with van der Waals surface area (Å²) in [6, 6.07) is 0. The Hall–Kier alpha value is -2.65. The Morgan fingerprint density at radius 2 is 1.02 bits per heavy atom. The second-order valence-corrected chi connectivity index (χ2v) is 11.6. The van der Waals surface area contributed by atoms with Crippen molar-refractivity contribution in [3.05, 3.63) is 52.1 Å². The van der Waals surface area contributed by atoms with E-state index in [4.69, 9.17) is 4.74 Å². The molecular formula is C33H40F8O2. The molecule has 10 heteroatoms. The fourth-order valence-corrected chi connectivity index (χ4v) is 5.83. The van der Waals surface area contributed by atoms with Gasteiger partial charge in [-0.1, -0.05) is 78.1 Å². The van der Waals surface area contributed by atoms with E-state index in [0.29, 0.717) is 38.0 Å². The van der Waals surface area contributed by atoms with E-state index >= 15 is 0 Å². The van der Waals surface area contributed by atoms with Crippen molar-refractivity contribution in [2.45, 2.75) is 117 Å². The van der Waals surface area contributed by atoms with Crippen LogP contribution in [0.25, 0.3) is 11.1 Å². The number of ether oxygens (including phenoxy) is 1. The van der Waals surface area contributed by atoms with Gasteiger partial charge in [-0.3, -0.25) is 4.79 Å². The number of rotatable bonds is 15. The number of unbranched alkanes of at least 4 members (excludes halogenated alkanes) is 8. The van der Waals surface area contributed by atoms with Crippen molar-refractivity contribution in [3.63, 3.8) is 0 Å². The first-order valence-electron chi connectivity index (χ1n) is 15.5. The van der Waals surface area contributed by atoms with Crippen LogP contribution in [0.15, 0.2) is 0 Å². The zero-order valence-electron chi connectivity index (χ0n) is 24.8. The van der Waals surface area contributed by atoms with Crippen molar-refractivity contribution in [3.8, 4) is 16.9 Å². The molecule has 0 N–H and O–H groups in total. The quantitative estimate of drug-likeness (QED) is 0.0651. The molecule has 43 heavy (non-hydrogen) atoms. The minimum absolute atomic E-state index is 0.152. The van der Waals surface area contributed by atoms with Gasteiger partial charge in [-0.05, 0) is 44.4 Å². The predicted molar refractivity (Wildman–Crippen MR) is 148 cm³/mol. The first-order chi connectivity index (χ1) is 20.5. The highest BCUT2D eigenvalue weighted by atomic mass is 19.2. The highest BCUT2D eigenvalue weighted by Gasteiger charge is 2.36. The van der Waals surface area contributed by atoms with Gasteiger partial charge >= 0.3 is 5.97 Å². The van der Waals surface area contributed by atoms with E-state index in [1.54, 1.807) is 6.92 Å². The van der Waals surface area contributed by atoms with E-state index in [0.717, 1.165) is 19.3 Å². The summed E-state index contributed by atoms with van der Waals surface area (Å²) in [4.78, 5) is 12.7. The fraction of sp³-hybridized carbons (Fsp3) is 0.606. The van der Waals surface area contributed by atoms with Crippen LogP contribution in [0, 0.1) is 58.4 Å². The summed E-state index contributed by atoms with van der Waals surface area (Å²) in [6.07, 6.45) is 12.9.